The zero-order valence-corrected chi connectivity index (χ0v) is 30.8. The van der Waals surface area contributed by atoms with E-state index in [1.54, 1.807) is 0 Å². The molecule has 4 aliphatic rings. The molecule has 0 saturated heterocycles. The molecule has 0 heterocycles. The van der Waals surface area contributed by atoms with Gasteiger partial charge < -0.3 is 4.74 Å². The maximum atomic E-state index is 9.57. The number of hydrogen-bond acceptors (Lipinski definition) is 3. The minimum atomic E-state index is 0.0289. The Morgan fingerprint density at radius 2 is 0.796 bits per heavy atom. The molecule has 0 aliphatic heterocycles. The second-order valence-corrected chi connectivity index (χ2v) is 16.9. The van der Waals surface area contributed by atoms with Gasteiger partial charge in [-0.25, -0.2) is 0 Å². The Labute approximate surface area is 299 Å². The van der Waals surface area contributed by atoms with Crippen LogP contribution in [0.3, 0.4) is 0 Å². The monoisotopic (exact) mass is 661 g/mol. The number of nitrogens with zero attached hydrogens (tertiary/aromatic N) is 2. The lowest BCUT2D eigenvalue weighted by Gasteiger charge is -2.43. The molecule has 0 radical (unpaired) electrons. The van der Waals surface area contributed by atoms with E-state index in [0.29, 0.717) is 11.8 Å². The van der Waals surface area contributed by atoms with Crippen molar-refractivity contribution in [2.24, 2.45) is 47.3 Å². The third-order valence-corrected chi connectivity index (χ3v) is 14.0. The summed E-state index contributed by atoms with van der Waals surface area (Å²) < 4.78 is 7.53. The molecule has 4 saturated carbocycles. The van der Waals surface area contributed by atoms with Crippen LogP contribution in [0, 0.1) is 70.0 Å². The third kappa shape index (κ3) is 9.39. The van der Waals surface area contributed by atoms with Crippen molar-refractivity contribution >= 4 is 0 Å². The van der Waals surface area contributed by atoms with E-state index >= 15 is 0 Å². The van der Waals surface area contributed by atoms with E-state index < -0.39 is 0 Å². The lowest BCUT2D eigenvalue weighted by atomic mass is 9.67. The van der Waals surface area contributed by atoms with E-state index in [1.165, 1.54) is 140 Å². The Kier molecular flexibility index (Phi) is 13.3. The van der Waals surface area contributed by atoms with E-state index in [2.05, 4.69) is 50.3 Å². The van der Waals surface area contributed by atoms with Gasteiger partial charge in [0.25, 0.3) is 0 Å². The van der Waals surface area contributed by atoms with Gasteiger partial charge in [0.15, 0.2) is 0 Å². The molecular weight excluding hydrogens is 597 g/mol. The number of ether oxygens (including phenoxy) is 1. The summed E-state index contributed by atoms with van der Waals surface area (Å²) in [5.74, 6) is 6.54. The Hall–Kier alpha value is -2.62. The molecule has 49 heavy (non-hydrogen) atoms. The van der Waals surface area contributed by atoms with Crippen LogP contribution in [0.15, 0.2) is 48.5 Å². The maximum Gasteiger partial charge on any atom is 0.0991 e. The second kappa shape index (κ2) is 18.0. The van der Waals surface area contributed by atoms with Crippen molar-refractivity contribution in [3.05, 3.63) is 70.8 Å². The molecule has 4 aliphatic carbocycles. The van der Waals surface area contributed by atoms with E-state index in [-0.39, 0.29) is 12.2 Å². The molecule has 4 fully saturated rings. The maximum absolute atomic E-state index is 9.57. The molecule has 2 aromatic rings. The quantitative estimate of drug-likeness (QED) is 0.228. The zero-order valence-electron chi connectivity index (χ0n) is 30.8. The minimum absolute atomic E-state index is 0.0289. The standard InChI is InChI=1S/C46H64N2O/c1-3-5-33-7-15-37(16-8-33)39-23-27-43(28-24-39)45(41-19-11-35(31-47)12-20-41)49-46(42-21-13-36(32-48)14-22-42)44-29-25-40(26-30-44)38-17-9-34(6-4-2)10-18-38/h11-14,19-22,33-34,37-40,43-46H,3-10,15-18,23-30H2,1-2H3. The summed E-state index contributed by atoms with van der Waals surface area (Å²) in [6, 6.07) is 21.3. The molecule has 2 atom stereocenters. The first-order valence-corrected chi connectivity index (χ1v) is 20.7. The van der Waals surface area contributed by atoms with Gasteiger partial charge >= 0.3 is 0 Å². The summed E-state index contributed by atoms with van der Waals surface area (Å²) in [5, 5.41) is 19.1. The van der Waals surface area contributed by atoms with Crippen molar-refractivity contribution in [3.8, 4) is 12.1 Å². The first-order chi connectivity index (χ1) is 24.1. The van der Waals surface area contributed by atoms with Crippen LogP contribution in [0.5, 0.6) is 0 Å². The van der Waals surface area contributed by atoms with Crippen LogP contribution >= 0.6 is 0 Å². The van der Waals surface area contributed by atoms with Crippen LogP contribution in [0.25, 0.3) is 0 Å². The van der Waals surface area contributed by atoms with Crippen LogP contribution in [-0.4, -0.2) is 0 Å². The average Bonchev–Trinajstić information content (AvgIpc) is 3.17. The van der Waals surface area contributed by atoms with Gasteiger partial charge in [-0.05, 0) is 160 Å². The SMILES string of the molecule is CCCC1CCC(C2CCC(C(OC(c3ccc(C#N)cc3)C3CCC(C4CCC(CCC)CC4)CC3)c3ccc(C#N)cc3)CC2)CC1. The molecule has 3 heteroatoms. The molecule has 6 rings (SSSR count). The lowest BCUT2D eigenvalue weighted by Crippen LogP contribution is -2.31. The van der Waals surface area contributed by atoms with Crippen molar-refractivity contribution < 1.29 is 4.74 Å². The van der Waals surface area contributed by atoms with Gasteiger partial charge in [0, 0.05) is 0 Å². The Morgan fingerprint density at radius 3 is 1.08 bits per heavy atom. The number of rotatable bonds is 12. The summed E-state index contributed by atoms with van der Waals surface area (Å²) in [6.45, 7) is 4.69. The van der Waals surface area contributed by atoms with Gasteiger partial charge in [0.2, 0.25) is 0 Å². The normalized spacial score (nSPS) is 32.0. The fourth-order valence-corrected chi connectivity index (χ4v) is 11.1. The summed E-state index contributed by atoms with van der Waals surface area (Å²) in [7, 11) is 0. The van der Waals surface area contributed by atoms with Gasteiger partial charge in [-0.1, -0.05) is 89.5 Å². The first kappa shape index (κ1) is 36.2. The van der Waals surface area contributed by atoms with Crippen LogP contribution < -0.4 is 0 Å². The van der Waals surface area contributed by atoms with Crippen LogP contribution in [0.1, 0.15) is 177 Å². The number of nitriles is 2. The minimum Gasteiger partial charge on any atom is -0.365 e. The highest BCUT2D eigenvalue weighted by Gasteiger charge is 2.39. The fourth-order valence-electron chi connectivity index (χ4n) is 11.1. The summed E-state index contributed by atoms with van der Waals surface area (Å²) >= 11 is 0. The molecule has 3 nitrogen and oxygen atoms in total. The van der Waals surface area contributed by atoms with Crippen molar-refractivity contribution in [2.75, 3.05) is 0 Å². The highest BCUT2D eigenvalue weighted by Crippen LogP contribution is 2.50. The van der Waals surface area contributed by atoms with Crippen molar-refractivity contribution in [1.82, 2.24) is 0 Å². The highest BCUT2D eigenvalue weighted by atomic mass is 16.5. The molecule has 0 spiro atoms. The topological polar surface area (TPSA) is 56.8 Å². The highest BCUT2D eigenvalue weighted by molar-refractivity contribution is 5.34. The predicted octanol–water partition coefficient (Wildman–Crippen LogP) is 13.1. The van der Waals surface area contributed by atoms with Gasteiger partial charge in [-0.2, -0.15) is 10.5 Å². The fraction of sp³-hybridized carbons (Fsp3) is 0.696. The number of benzene rings is 2. The van der Waals surface area contributed by atoms with Crippen LogP contribution in [0.2, 0.25) is 0 Å². The van der Waals surface area contributed by atoms with Crippen molar-refractivity contribution in [1.29, 1.82) is 10.5 Å². The first-order valence-electron chi connectivity index (χ1n) is 20.7. The van der Waals surface area contributed by atoms with E-state index in [4.69, 9.17) is 4.74 Å². The van der Waals surface area contributed by atoms with Gasteiger partial charge in [0.05, 0.1) is 35.5 Å². The van der Waals surface area contributed by atoms with E-state index in [9.17, 15) is 10.5 Å². The molecule has 0 bridgehead atoms. The van der Waals surface area contributed by atoms with Gasteiger partial charge in [0.1, 0.15) is 0 Å². The van der Waals surface area contributed by atoms with E-state index in [0.717, 1.165) is 46.6 Å². The Morgan fingerprint density at radius 1 is 0.490 bits per heavy atom. The van der Waals surface area contributed by atoms with Crippen LogP contribution in [0.4, 0.5) is 0 Å². The molecule has 264 valence electrons. The van der Waals surface area contributed by atoms with E-state index in [1.807, 2.05) is 24.3 Å². The molecule has 0 aromatic heterocycles. The van der Waals surface area contributed by atoms with Gasteiger partial charge in [-0.3, -0.25) is 0 Å². The second-order valence-electron chi connectivity index (χ2n) is 16.9. The smallest absolute Gasteiger partial charge is 0.0991 e. The third-order valence-electron chi connectivity index (χ3n) is 14.0. The lowest BCUT2D eigenvalue weighted by molar-refractivity contribution is -0.0934. The summed E-state index contributed by atoms with van der Waals surface area (Å²) in [6.07, 6.45) is 27.4. The van der Waals surface area contributed by atoms with Gasteiger partial charge in [-0.15, -0.1) is 0 Å². The molecule has 0 amide bonds. The molecule has 2 aromatic carbocycles. The summed E-state index contributed by atoms with van der Waals surface area (Å²) in [4.78, 5) is 0. The Bertz CT molecular complexity index is 1230. The molecular formula is C46H64N2O. The molecule has 2 unspecified atom stereocenters. The van der Waals surface area contributed by atoms with Crippen molar-refractivity contribution in [2.45, 2.75) is 154 Å². The largest absolute Gasteiger partial charge is 0.365 e. The predicted molar refractivity (Wildman–Crippen MR) is 200 cm³/mol. The molecule has 0 N–H and O–H groups in total. The zero-order chi connectivity index (χ0) is 34.0. The number of hydrogen-bond donors (Lipinski definition) is 0. The average molecular weight is 661 g/mol. The van der Waals surface area contributed by atoms with Crippen LogP contribution in [-0.2, 0) is 4.74 Å². The Balaban J connectivity index is 1.17. The van der Waals surface area contributed by atoms with Crippen molar-refractivity contribution in [3.63, 3.8) is 0 Å². The summed E-state index contributed by atoms with van der Waals surface area (Å²) in [5.41, 5.74) is 3.91.